The summed E-state index contributed by atoms with van der Waals surface area (Å²) in [6.45, 7) is 1.25. The summed E-state index contributed by atoms with van der Waals surface area (Å²) in [7, 11) is 2.73. The molecule has 0 atom stereocenters. The highest BCUT2D eigenvalue weighted by Gasteiger charge is 2.28. The molecule has 54 heavy (non-hydrogen) atoms. The summed E-state index contributed by atoms with van der Waals surface area (Å²) in [6, 6.07) is 9.56. The quantitative estimate of drug-likeness (QED) is 0.0164. The zero-order chi connectivity index (χ0) is 39.7. The van der Waals surface area contributed by atoms with E-state index in [-0.39, 0.29) is 63.5 Å². The molecule has 0 aromatic heterocycles. The lowest BCUT2D eigenvalue weighted by Gasteiger charge is -2.26. The zero-order valence-electron chi connectivity index (χ0n) is 28.6. The van der Waals surface area contributed by atoms with Crippen molar-refractivity contribution < 1.29 is 56.1 Å². The normalized spacial score (nSPS) is 11.4. The molecule has 0 unspecified atom stereocenters. The van der Waals surface area contributed by atoms with Crippen LogP contribution >= 0.6 is 11.6 Å². The molecule has 4 aromatic carbocycles. The third kappa shape index (κ3) is 9.22. The molecule has 14 nitrogen and oxygen atoms in total. The average molecular weight is 781 g/mol. The van der Waals surface area contributed by atoms with Crippen LogP contribution in [-0.4, -0.2) is 48.4 Å². The Kier molecular flexibility index (Phi) is 13.9. The Balaban J connectivity index is 1.53. The lowest BCUT2D eigenvalue weighted by molar-refractivity contribution is -0.384. The second kappa shape index (κ2) is 18.3. The van der Waals surface area contributed by atoms with Gasteiger partial charge in [-0.3, -0.25) is 14.9 Å². The number of methoxy groups -OCH3 is 2. The molecule has 0 aliphatic heterocycles. The molecule has 4 aromatic rings. The topological polar surface area (TPSA) is 181 Å². The van der Waals surface area contributed by atoms with E-state index in [2.05, 4.69) is 25.2 Å². The summed E-state index contributed by atoms with van der Waals surface area (Å²) in [4.78, 5) is 24.4. The first kappa shape index (κ1) is 41.0. The number of anilines is 1. The van der Waals surface area contributed by atoms with Gasteiger partial charge in [0, 0.05) is 54.9 Å². The molecule has 20 heteroatoms. The fraction of sp³-hybridized carbons (Fsp3) is 0.265. The van der Waals surface area contributed by atoms with E-state index in [1.165, 1.54) is 44.6 Å². The number of nitro groups is 1. The lowest BCUT2D eigenvalue weighted by Crippen LogP contribution is -2.25. The Hall–Kier alpha value is -5.79. The largest absolute Gasteiger partial charge is 0.495 e. The number of azo groups is 2. The molecule has 286 valence electrons. The molecule has 0 aliphatic rings. The van der Waals surface area contributed by atoms with Gasteiger partial charge >= 0.3 is 5.97 Å². The summed E-state index contributed by atoms with van der Waals surface area (Å²) in [5, 5.41) is 47.9. The maximum absolute atomic E-state index is 13.9. The van der Waals surface area contributed by atoms with E-state index < -0.39 is 65.4 Å². The number of hydrogen-bond donors (Lipinski definition) is 2. The highest BCUT2D eigenvalue weighted by Crippen LogP contribution is 2.40. The minimum absolute atomic E-state index is 0.0180. The van der Waals surface area contributed by atoms with Crippen molar-refractivity contribution in [2.75, 3.05) is 32.2 Å². The fourth-order valence-electron chi connectivity index (χ4n) is 4.90. The van der Waals surface area contributed by atoms with Gasteiger partial charge in [0.05, 0.1) is 54.4 Å². The summed E-state index contributed by atoms with van der Waals surface area (Å²) in [6.07, 6.45) is -0.440. The van der Waals surface area contributed by atoms with E-state index in [1.807, 2.05) is 0 Å². The number of carbonyl (C=O) groups excluding carboxylic acids is 1. The van der Waals surface area contributed by atoms with Crippen LogP contribution in [0.2, 0.25) is 5.02 Å². The first-order valence-corrected chi connectivity index (χ1v) is 16.0. The highest BCUT2D eigenvalue weighted by atomic mass is 35.5. The SMILES string of the molecule is CCN(CCCC(=O)Oc1c(F)c(F)c(F)c(F)c1F)c1cc(CO)c(N=Nc2cc(CO)c(N=Nc3ccc([N+](=O)[O-])cc3Cl)cc2OC)cc1OC. The standard InChI is InChI=1S/C34H30ClF5N6O8/c1-4-45(9-5-6-28(49)54-34-32(39)30(37)29(36)31(38)33(34)40)25-11-18(16-48)23(14-27(25)53-3)43-44-24-10-17(15-47)22(13-26(24)52-2)42-41-21-8-7-19(46(50)51)12-20(21)35/h7-8,10-14,47-48H,4-6,9,15-16H2,1-3H3. The van der Waals surface area contributed by atoms with Gasteiger partial charge in [-0.05, 0) is 31.5 Å². The van der Waals surface area contributed by atoms with Crippen LogP contribution in [0.4, 0.5) is 56.1 Å². The second-order valence-electron chi connectivity index (χ2n) is 11.0. The van der Waals surface area contributed by atoms with Crippen molar-refractivity contribution in [1.29, 1.82) is 0 Å². The third-order valence-electron chi connectivity index (χ3n) is 7.69. The predicted molar refractivity (Wildman–Crippen MR) is 183 cm³/mol. The Morgan fingerprint density at radius 3 is 1.87 bits per heavy atom. The van der Waals surface area contributed by atoms with E-state index in [9.17, 15) is 47.1 Å². The summed E-state index contributed by atoms with van der Waals surface area (Å²) >= 11 is 6.10. The van der Waals surface area contributed by atoms with Gasteiger partial charge in [-0.25, -0.2) is 13.2 Å². The molecule has 0 heterocycles. The minimum atomic E-state index is -2.38. The highest BCUT2D eigenvalue weighted by molar-refractivity contribution is 6.33. The van der Waals surface area contributed by atoms with Crippen molar-refractivity contribution in [2.24, 2.45) is 20.5 Å². The van der Waals surface area contributed by atoms with Gasteiger partial charge in [0.1, 0.15) is 22.9 Å². The number of aliphatic hydroxyl groups is 2. The van der Waals surface area contributed by atoms with Crippen molar-refractivity contribution in [1.82, 2.24) is 0 Å². The Morgan fingerprint density at radius 2 is 1.33 bits per heavy atom. The summed E-state index contributed by atoms with van der Waals surface area (Å²) in [5.74, 6) is -13.9. The summed E-state index contributed by atoms with van der Waals surface area (Å²) in [5.41, 5.74) is 1.44. The number of rotatable bonds is 16. The van der Waals surface area contributed by atoms with Crippen LogP contribution in [0.15, 0.2) is 62.9 Å². The van der Waals surface area contributed by atoms with Gasteiger partial charge in [0.15, 0.2) is 0 Å². The molecule has 0 bridgehead atoms. The van der Waals surface area contributed by atoms with Crippen molar-refractivity contribution in [2.45, 2.75) is 33.0 Å². The third-order valence-corrected chi connectivity index (χ3v) is 7.99. The van der Waals surface area contributed by atoms with Gasteiger partial charge in [0.25, 0.3) is 5.69 Å². The van der Waals surface area contributed by atoms with Crippen LogP contribution in [0, 0.1) is 39.2 Å². The molecule has 0 saturated carbocycles. The molecular formula is C34H30ClF5N6O8. The van der Waals surface area contributed by atoms with Crippen LogP contribution in [0.25, 0.3) is 0 Å². The van der Waals surface area contributed by atoms with Gasteiger partial charge in [0.2, 0.25) is 34.8 Å². The average Bonchev–Trinajstić information content (AvgIpc) is 3.17. The number of nitrogens with zero attached hydrogens (tertiary/aromatic N) is 6. The molecule has 0 spiro atoms. The van der Waals surface area contributed by atoms with E-state index in [1.54, 1.807) is 17.9 Å². The monoisotopic (exact) mass is 780 g/mol. The Bertz CT molecular complexity index is 2100. The molecule has 0 fully saturated rings. The molecular weight excluding hydrogens is 751 g/mol. The molecule has 0 aliphatic carbocycles. The van der Waals surface area contributed by atoms with Gasteiger partial charge < -0.3 is 29.3 Å². The van der Waals surface area contributed by atoms with Crippen molar-refractivity contribution >= 4 is 51.7 Å². The van der Waals surface area contributed by atoms with E-state index in [0.717, 1.165) is 6.07 Å². The molecule has 2 N–H and O–H groups in total. The van der Waals surface area contributed by atoms with Crippen LogP contribution < -0.4 is 19.1 Å². The number of ether oxygens (including phenoxy) is 3. The Labute approximate surface area is 308 Å². The van der Waals surface area contributed by atoms with Crippen molar-refractivity contribution in [3.05, 3.63) is 97.8 Å². The first-order valence-electron chi connectivity index (χ1n) is 15.7. The van der Waals surface area contributed by atoms with Crippen LogP contribution in [-0.2, 0) is 18.0 Å². The number of esters is 1. The number of aliphatic hydroxyl groups excluding tert-OH is 2. The number of benzene rings is 4. The van der Waals surface area contributed by atoms with Crippen LogP contribution in [0.5, 0.6) is 17.2 Å². The zero-order valence-corrected chi connectivity index (χ0v) is 29.3. The molecule has 4 rings (SSSR count). The van der Waals surface area contributed by atoms with Gasteiger partial charge in [-0.15, -0.1) is 20.5 Å². The summed E-state index contributed by atoms with van der Waals surface area (Å²) < 4.78 is 83.6. The van der Waals surface area contributed by atoms with Crippen molar-refractivity contribution in [3.8, 4) is 17.2 Å². The molecule has 0 radical (unpaired) electrons. The molecule has 0 amide bonds. The second-order valence-corrected chi connectivity index (χ2v) is 11.4. The smallest absolute Gasteiger partial charge is 0.311 e. The Morgan fingerprint density at radius 1 is 0.796 bits per heavy atom. The van der Waals surface area contributed by atoms with Crippen molar-refractivity contribution in [3.63, 3.8) is 0 Å². The van der Waals surface area contributed by atoms with E-state index in [0.29, 0.717) is 17.8 Å². The predicted octanol–water partition coefficient (Wildman–Crippen LogP) is 8.99. The number of halogens is 6. The molecule has 0 saturated heterocycles. The number of carbonyl (C=O) groups is 1. The fourth-order valence-corrected chi connectivity index (χ4v) is 5.11. The number of hydrogen-bond acceptors (Lipinski definition) is 13. The van der Waals surface area contributed by atoms with E-state index in [4.69, 9.17) is 21.1 Å². The first-order chi connectivity index (χ1) is 25.8. The number of non-ortho nitro benzene ring substituents is 1. The maximum Gasteiger partial charge on any atom is 0.311 e. The van der Waals surface area contributed by atoms with Crippen LogP contribution in [0.3, 0.4) is 0 Å². The minimum Gasteiger partial charge on any atom is -0.495 e. The maximum atomic E-state index is 13.9. The van der Waals surface area contributed by atoms with Crippen LogP contribution in [0.1, 0.15) is 30.9 Å². The lowest BCUT2D eigenvalue weighted by atomic mass is 10.1. The number of nitro benzene ring substituents is 1. The van der Waals surface area contributed by atoms with Gasteiger partial charge in [-0.2, -0.15) is 8.78 Å². The van der Waals surface area contributed by atoms with Gasteiger partial charge in [-0.1, -0.05) is 11.6 Å². The van der Waals surface area contributed by atoms with E-state index >= 15 is 0 Å².